The molecule has 2 aromatic rings. The average Bonchev–Trinajstić information content (AvgIpc) is 2.61. The van der Waals surface area contributed by atoms with Gasteiger partial charge in [-0.3, -0.25) is 14.9 Å². The summed E-state index contributed by atoms with van der Waals surface area (Å²) in [5.41, 5.74) is 1.27. The maximum atomic E-state index is 13.0. The maximum absolute atomic E-state index is 13.0. The first-order chi connectivity index (χ1) is 12.4. The second-order valence-electron chi connectivity index (χ2n) is 5.73. The standard InChI is InChI=1S/C18H14ClN3O4/c1-10-15(17(23)11-5-3-2-4-6-11)16(21-18(24)20-10)12-7-8-13(19)14(9-12)22(25)26/h2-9,16H,1H3,(H2,20,21,24)/t16-/m1/s1. The molecule has 1 atom stereocenters. The van der Waals surface area contributed by atoms with E-state index in [1.165, 1.54) is 12.1 Å². The number of nitro groups is 1. The number of benzene rings is 2. The molecule has 0 spiro atoms. The van der Waals surface area contributed by atoms with Crippen molar-refractivity contribution in [1.82, 2.24) is 10.6 Å². The van der Waals surface area contributed by atoms with Crippen LogP contribution in [0.3, 0.4) is 0 Å². The summed E-state index contributed by atoms with van der Waals surface area (Å²) >= 11 is 5.86. The van der Waals surface area contributed by atoms with Crippen LogP contribution in [0.2, 0.25) is 5.02 Å². The molecule has 132 valence electrons. The molecule has 0 aliphatic carbocycles. The third-order valence-corrected chi connectivity index (χ3v) is 4.37. The highest BCUT2D eigenvalue weighted by atomic mass is 35.5. The molecule has 1 heterocycles. The minimum Gasteiger partial charge on any atom is -0.327 e. The molecule has 1 aliphatic rings. The number of amides is 2. The second-order valence-corrected chi connectivity index (χ2v) is 6.14. The monoisotopic (exact) mass is 371 g/mol. The van der Waals surface area contributed by atoms with Crippen LogP contribution in [0.1, 0.15) is 28.9 Å². The lowest BCUT2D eigenvalue weighted by Gasteiger charge is -2.28. The Morgan fingerprint density at radius 1 is 1.19 bits per heavy atom. The Bertz CT molecular complexity index is 941. The second kappa shape index (κ2) is 6.97. The number of nitro benzene ring substituents is 1. The Morgan fingerprint density at radius 3 is 2.54 bits per heavy atom. The number of allylic oxidation sites excluding steroid dienone is 1. The molecule has 2 aromatic carbocycles. The molecular formula is C18H14ClN3O4. The van der Waals surface area contributed by atoms with E-state index < -0.39 is 17.0 Å². The molecular weight excluding hydrogens is 358 g/mol. The van der Waals surface area contributed by atoms with Crippen LogP contribution in [0, 0.1) is 10.1 Å². The van der Waals surface area contributed by atoms with Crippen molar-refractivity contribution in [3.63, 3.8) is 0 Å². The first-order valence-electron chi connectivity index (χ1n) is 7.70. The van der Waals surface area contributed by atoms with Gasteiger partial charge in [-0.1, -0.05) is 48.0 Å². The number of carbonyl (C=O) groups excluding carboxylic acids is 2. The van der Waals surface area contributed by atoms with E-state index in [1.807, 2.05) is 0 Å². The van der Waals surface area contributed by atoms with Gasteiger partial charge in [-0.15, -0.1) is 0 Å². The molecule has 2 amide bonds. The fraction of sp³-hybridized carbons (Fsp3) is 0.111. The number of hydrogen-bond donors (Lipinski definition) is 2. The van der Waals surface area contributed by atoms with Crippen LogP contribution in [-0.4, -0.2) is 16.7 Å². The van der Waals surface area contributed by atoms with E-state index in [-0.39, 0.29) is 16.5 Å². The molecule has 8 heteroatoms. The Labute approximate surface area is 153 Å². The highest BCUT2D eigenvalue weighted by Gasteiger charge is 2.32. The van der Waals surface area contributed by atoms with Crippen LogP contribution in [0.25, 0.3) is 0 Å². The van der Waals surface area contributed by atoms with E-state index in [0.29, 0.717) is 22.4 Å². The minimum absolute atomic E-state index is 0.0179. The van der Waals surface area contributed by atoms with Crippen molar-refractivity contribution in [2.24, 2.45) is 0 Å². The zero-order chi connectivity index (χ0) is 18.8. The number of nitrogens with one attached hydrogen (secondary N) is 2. The number of nitrogens with zero attached hydrogens (tertiary/aromatic N) is 1. The van der Waals surface area contributed by atoms with Crippen LogP contribution in [0.5, 0.6) is 0 Å². The van der Waals surface area contributed by atoms with Gasteiger partial charge >= 0.3 is 6.03 Å². The van der Waals surface area contributed by atoms with Crippen molar-refractivity contribution in [2.45, 2.75) is 13.0 Å². The van der Waals surface area contributed by atoms with Crippen LogP contribution in [0.4, 0.5) is 10.5 Å². The predicted molar refractivity (Wildman–Crippen MR) is 96.0 cm³/mol. The number of urea groups is 1. The van der Waals surface area contributed by atoms with Crippen molar-refractivity contribution in [2.75, 3.05) is 0 Å². The van der Waals surface area contributed by atoms with Crippen LogP contribution in [0.15, 0.2) is 59.8 Å². The summed E-state index contributed by atoms with van der Waals surface area (Å²) < 4.78 is 0. The van der Waals surface area contributed by atoms with Gasteiger partial charge < -0.3 is 10.6 Å². The van der Waals surface area contributed by atoms with E-state index in [0.717, 1.165) is 0 Å². The Morgan fingerprint density at radius 2 is 1.88 bits per heavy atom. The van der Waals surface area contributed by atoms with E-state index in [9.17, 15) is 19.7 Å². The molecule has 2 N–H and O–H groups in total. The highest BCUT2D eigenvalue weighted by Crippen LogP contribution is 2.33. The van der Waals surface area contributed by atoms with Crippen LogP contribution in [-0.2, 0) is 0 Å². The Balaban J connectivity index is 2.11. The quantitative estimate of drug-likeness (QED) is 0.485. The third-order valence-electron chi connectivity index (χ3n) is 4.05. The minimum atomic E-state index is -0.826. The van der Waals surface area contributed by atoms with Gasteiger partial charge in [0.2, 0.25) is 0 Å². The number of carbonyl (C=O) groups is 2. The lowest BCUT2D eigenvalue weighted by molar-refractivity contribution is -0.384. The van der Waals surface area contributed by atoms with Crippen molar-refractivity contribution in [3.05, 3.63) is 86.1 Å². The maximum Gasteiger partial charge on any atom is 0.319 e. The van der Waals surface area contributed by atoms with E-state index in [1.54, 1.807) is 43.3 Å². The van der Waals surface area contributed by atoms with Gasteiger partial charge in [0.25, 0.3) is 5.69 Å². The molecule has 3 rings (SSSR count). The fourth-order valence-electron chi connectivity index (χ4n) is 2.84. The topological polar surface area (TPSA) is 101 Å². The molecule has 0 bridgehead atoms. The van der Waals surface area contributed by atoms with Gasteiger partial charge in [0, 0.05) is 22.9 Å². The summed E-state index contributed by atoms with van der Waals surface area (Å²) in [4.78, 5) is 35.5. The molecule has 26 heavy (non-hydrogen) atoms. The zero-order valence-electron chi connectivity index (χ0n) is 13.7. The van der Waals surface area contributed by atoms with Crippen molar-refractivity contribution >= 4 is 29.1 Å². The number of rotatable bonds is 4. The highest BCUT2D eigenvalue weighted by molar-refractivity contribution is 6.32. The van der Waals surface area contributed by atoms with Gasteiger partial charge in [-0.05, 0) is 18.6 Å². The molecule has 0 saturated heterocycles. The SMILES string of the molecule is CC1=C(C(=O)c2ccccc2)[C@@H](c2ccc(Cl)c([N+](=O)[O-])c2)NC(=O)N1. The Kier molecular flexibility index (Phi) is 4.73. The average molecular weight is 372 g/mol. The molecule has 0 saturated carbocycles. The molecule has 0 aromatic heterocycles. The lowest BCUT2D eigenvalue weighted by Crippen LogP contribution is -2.45. The van der Waals surface area contributed by atoms with Crippen molar-refractivity contribution in [1.29, 1.82) is 0 Å². The normalized spacial score (nSPS) is 16.7. The number of hydrogen-bond acceptors (Lipinski definition) is 4. The summed E-state index contributed by atoms with van der Waals surface area (Å²) in [6.45, 7) is 1.62. The summed E-state index contributed by atoms with van der Waals surface area (Å²) in [7, 11) is 0. The summed E-state index contributed by atoms with van der Waals surface area (Å²) in [6.07, 6.45) is 0. The number of Topliss-reactive ketones (excluding diaryl/α,β-unsaturated/α-hetero) is 1. The predicted octanol–water partition coefficient (Wildman–Crippen LogP) is 3.76. The van der Waals surface area contributed by atoms with E-state index >= 15 is 0 Å². The van der Waals surface area contributed by atoms with Crippen LogP contribution >= 0.6 is 11.6 Å². The number of ketones is 1. The zero-order valence-corrected chi connectivity index (χ0v) is 14.4. The smallest absolute Gasteiger partial charge is 0.319 e. The first kappa shape index (κ1) is 17.6. The van der Waals surface area contributed by atoms with Crippen molar-refractivity contribution in [3.8, 4) is 0 Å². The van der Waals surface area contributed by atoms with Gasteiger partial charge in [-0.25, -0.2) is 4.79 Å². The van der Waals surface area contributed by atoms with Gasteiger partial charge in [-0.2, -0.15) is 0 Å². The van der Waals surface area contributed by atoms with E-state index in [2.05, 4.69) is 10.6 Å². The molecule has 0 unspecified atom stereocenters. The molecule has 7 nitrogen and oxygen atoms in total. The van der Waals surface area contributed by atoms with Gasteiger partial charge in [0.1, 0.15) is 5.02 Å². The number of halogens is 1. The molecule has 0 fully saturated rings. The summed E-state index contributed by atoms with van der Waals surface area (Å²) in [6, 6.07) is 11.5. The van der Waals surface area contributed by atoms with Crippen molar-refractivity contribution < 1.29 is 14.5 Å². The Hall–Kier alpha value is -3.19. The third kappa shape index (κ3) is 3.29. The lowest BCUT2D eigenvalue weighted by atomic mass is 9.89. The largest absolute Gasteiger partial charge is 0.327 e. The summed E-state index contributed by atoms with van der Waals surface area (Å²) in [5.74, 6) is -0.279. The van der Waals surface area contributed by atoms with Gasteiger partial charge in [0.05, 0.1) is 11.0 Å². The fourth-order valence-corrected chi connectivity index (χ4v) is 3.03. The molecule has 1 aliphatic heterocycles. The summed E-state index contributed by atoms with van der Waals surface area (Å²) in [5, 5.41) is 16.4. The van der Waals surface area contributed by atoms with Crippen LogP contribution < -0.4 is 10.6 Å². The first-order valence-corrected chi connectivity index (χ1v) is 8.08. The van der Waals surface area contributed by atoms with Gasteiger partial charge in [0.15, 0.2) is 5.78 Å². The molecule has 0 radical (unpaired) electrons. The van der Waals surface area contributed by atoms with E-state index in [4.69, 9.17) is 11.6 Å².